The molecule has 0 spiro atoms. The molecule has 4 heterocycles. The number of nitrogens with zero attached hydrogens (tertiary/aromatic N) is 1. The summed E-state index contributed by atoms with van der Waals surface area (Å²) in [5, 5.41) is 7.67. The van der Waals surface area contributed by atoms with Gasteiger partial charge >= 0.3 is 6.18 Å². The summed E-state index contributed by atoms with van der Waals surface area (Å²) in [6, 6.07) is 10.4. The van der Waals surface area contributed by atoms with Crippen molar-refractivity contribution in [1.82, 2.24) is 4.90 Å². The van der Waals surface area contributed by atoms with Gasteiger partial charge in [-0.1, -0.05) is 24.0 Å². The second-order valence-electron chi connectivity index (χ2n) is 12.9. The number of fused-ring (bicyclic) bond motifs is 3. The van der Waals surface area contributed by atoms with Crippen LogP contribution in [-0.4, -0.2) is 81.6 Å². The standard InChI is InChI=1S/C34H40F4N3O3PS/c1-43-31-18-24(45(2,3)42)11-12-29(31)39-14-5-8-32-26(19-34(36,37)38)25-6-4-7-30(33(25)46-32)40-28-13-15-41(20-27(28)35)21-16-22-9-10-23(17-21)44-22/h4,6-7,11-12,18,21-23,27-28,39-40H,9-10,13-17,19-20H2,1-3H3/t21?,22?,23?,27-,28+/m0/s1. The number of benzene rings is 2. The molecule has 2 bridgehead atoms. The molecule has 0 radical (unpaired) electrons. The lowest BCUT2D eigenvalue weighted by molar-refractivity contribution is -0.126. The Bertz CT molecular complexity index is 1670. The first kappa shape index (κ1) is 33.1. The molecule has 46 heavy (non-hydrogen) atoms. The highest BCUT2D eigenvalue weighted by Gasteiger charge is 2.40. The largest absolute Gasteiger partial charge is 0.495 e. The molecule has 4 atom stereocenters. The van der Waals surface area contributed by atoms with E-state index in [0.717, 1.165) is 32.2 Å². The zero-order chi connectivity index (χ0) is 32.6. The van der Waals surface area contributed by atoms with Crippen LogP contribution in [0.15, 0.2) is 36.4 Å². The lowest BCUT2D eigenvalue weighted by Crippen LogP contribution is -2.53. The molecule has 3 aliphatic rings. The molecular weight excluding hydrogens is 637 g/mol. The first-order chi connectivity index (χ1) is 21.9. The molecule has 3 aliphatic heterocycles. The van der Waals surface area contributed by atoms with E-state index in [2.05, 4.69) is 27.4 Å². The van der Waals surface area contributed by atoms with Crippen molar-refractivity contribution >= 4 is 45.2 Å². The number of methoxy groups -OCH3 is 1. The first-order valence-electron chi connectivity index (χ1n) is 15.8. The predicted octanol–water partition coefficient (Wildman–Crippen LogP) is 7.26. The molecule has 6 nitrogen and oxygen atoms in total. The smallest absolute Gasteiger partial charge is 0.393 e. The van der Waals surface area contributed by atoms with Gasteiger partial charge < -0.3 is 24.7 Å². The number of rotatable bonds is 8. The van der Waals surface area contributed by atoms with Crippen LogP contribution in [0.25, 0.3) is 10.1 Å². The van der Waals surface area contributed by atoms with E-state index >= 15 is 4.39 Å². The third-order valence-corrected chi connectivity index (χ3v) is 12.0. The zero-order valence-electron chi connectivity index (χ0n) is 26.3. The average molecular weight is 678 g/mol. The molecule has 2 unspecified atom stereocenters. The van der Waals surface area contributed by atoms with Gasteiger partial charge in [0.15, 0.2) is 0 Å². The number of nitrogens with one attached hydrogen (secondary N) is 2. The van der Waals surface area contributed by atoms with Crippen LogP contribution in [0.2, 0.25) is 0 Å². The summed E-state index contributed by atoms with van der Waals surface area (Å²) in [5.74, 6) is 6.44. The number of thiophene rings is 1. The number of ether oxygens (including phenoxy) is 2. The highest BCUT2D eigenvalue weighted by Crippen LogP contribution is 2.41. The number of hydrogen-bond donors (Lipinski definition) is 2. The van der Waals surface area contributed by atoms with Crippen LogP contribution in [0.3, 0.4) is 0 Å². The Kier molecular flexibility index (Phi) is 9.65. The Balaban J connectivity index is 1.18. The maximum Gasteiger partial charge on any atom is 0.393 e. The monoisotopic (exact) mass is 677 g/mol. The van der Waals surface area contributed by atoms with Crippen LogP contribution >= 0.6 is 18.5 Å². The minimum Gasteiger partial charge on any atom is -0.495 e. The zero-order valence-corrected chi connectivity index (χ0v) is 28.0. The lowest BCUT2D eigenvalue weighted by atomic mass is 9.96. The van der Waals surface area contributed by atoms with E-state index in [1.165, 1.54) is 18.4 Å². The van der Waals surface area contributed by atoms with Gasteiger partial charge in [-0.25, -0.2) is 4.39 Å². The third kappa shape index (κ3) is 7.52. The van der Waals surface area contributed by atoms with Crippen molar-refractivity contribution < 1.29 is 31.6 Å². The Morgan fingerprint density at radius 2 is 1.87 bits per heavy atom. The fourth-order valence-corrected chi connectivity index (χ4v) is 8.97. The minimum atomic E-state index is -4.42. The van der Waals surface area contributed by atoms with Gasteiger partial charge in [0, 0.05) is 24.4 Å². The fourth-order valence-electron chi connectivity index (χ4n) is 6.94. The topological polar surface area (TPSA) is 62.8 Å². The van der Waals surface area contributed by atoms with E-state index in [4.69, 9.17) is 9.47 Å². The van der Waals surface area contributed by atoms with E-state index in [1.807, 2.05) is 6.07 Å². The second kappa shape index (κ2) is 13.4. The summed E-state index contributed by atoms with van der Waals surface area (Å²) in [6.07, 6.45) is -1.33. The Morgan fingerprint density at radius 1 is 1.11 bits per heavy atom. The highest BCUT2D eigenvalue weighted by molar-refractivity contribution is 7.70. The highest BCUT2D eigenvalue weighted by atomic mass is 32.1. The van der Waals surface area contributed by atoms with Crippen LogP contribution in [-0.2, 0) is 15.7 Å². The number of anilines is 2. The van der Waals surface area contributed by atoms with Crippen LogP contribution in [0.4, 0.5) is 28.9 Å². The normalized spacial score (nSPS) is 25.2. The Morgan fingerprint density at radius 3 is 2.54 bits per heavy atom. The SMILES string of the molecule is COc1cc(P(C)(C)=O)ccc1NCC#Cc1sc2c(N[C@@H]3CCN(C4CC5CCC(C4)O5)C[C@@H]3F)cccc2c1CC(F)(F)F. The van der Waals surface area contributed by atoms with Crippen molar-refractivity contribution in [2.75, 3.05) is 50.7 Å². The van der Waals surface area contributed by atoms with Crippen molar-refractivity contribution in [3.8, 4) is 17.6 Å². The molecule has 0 amide bonds. The summed E-state index contributed by atoms with van der Waals surface area (Å²) in [5.41, 5.74) is 1.41. The molecule has 3 fully saturated rings. The summed E-state index contributed by atoms with van der Waals surface area (Å²) >= 11 is 1.20. The third-order valence-electron chi connectivity index (χ3n) is 9.27. The number of hydrogen-bond acceptors (Lipinski definition) is 7. The van der Waals surface area contributed by atoms with Gasteiger partial charge in [-0.2, -0.15) is 13.2 Å². The molecule has 248 valence electrons. The van der Waals surface area contributed by atoms with Gasteiger partial charge in [0.05, 0.1) is 59.3 Å². The van der Waals surface area contributed by atoms with Crippen LogP contribution in [0.5, 0.6) is 5.75 Å². The quantitative estimate of drug-likeness (QED) is 0.149. The number of alkyl halides is 4. The van der Waals surface area contributed by atoms with Crippen LogP contribution < -0.4 is 20.7 Å². The van der Waals surface area contributed by atoms with Crippen LogP contribution in [0.1, 0.15) is 42.5 Å². The van der Waals surface area contributed by atoms with Crippen molar-refractivity contribution in [3.63, 3.8) is 0 Å². The van der Waals surface area contributed by atoms with E-state index in [1.54, 1.807) is 43.7 Å². The van der Waals surface area contributed by atoms with E-state index < -0.39 is 32.0 Å². The second-order valence-corrected chi connectivity index (χ2v) is 17.1. The van der Waals surface area contributed by atoms with Gasteiger partial charge in [-0.05, 0) is 80.6 Å². The van der Waals surface area contributed by atoms with E-state index in [0.29, 0.717) is 68.6 Å². The molecule has 3 aromatic rings. The lowest BCUT2D eigenvalue weighted by Gasteiger charge is -2.42. The van der Waals surface area contributed by atoms with Crippen molar-refractivity contribution in [2.24, 2.45) is 0 Å². The molecule has 12 heteroatoms. The summed E-state index contributed by atoms with van der Waals surface area (Å²) in [6.45, 7) is 4.64. The van der Waals surface area contributed by atoms with Gasteiger partial charge in [0.25, 0.3) is 0 Å². The van der Waals surface area contributed by atoms with Gasteiger partial charge in [-0.15, -0.1) is 11.3 Å². The van der Waals surface area contributed by atoms with Crippen molar-refractivity contribution in [2.45, 2.75) is 75.2 Å². The van der Waals surface area contributed by atoms with Gasteiger partial charge in [-0.3, -0.25) is 4.90 Å². The molecule has 6 rings (SSSR count). The molecule has 0 saturated carbocycles. The summed E-state index contributed by atoms with van der Waals surface area (Å²) in [4.78, 5) is 2.60. The summed E-state index contributed by atoms with van der Waals surface area (Å²) in [7, 11) is -0.960. The van der Waals surface area contributed by atoms with Crippen LogP contribution in [0, 0.1) is 11.8 Å². The van der Waals surface area contributed by atoms with Crippen molar-refractivity contribution in [3.05, 3.63) is 46.8 Å². The molecule has 2 aromatic carbocycles. The maximum absolute atomic E-state index is 15.6. The number of halogens is 4. The molecule has 0 aliphatic carbocycles. The fraction of sp³-hybridized carbons (Fsp3) is 0.529. The van der Waals surface area contributed by atoms with E-state index in [9.17, 15) is 17.7 Å². The van der Waals surface area contributed by atoms with Gasteiger partial charge in [0.2, 0.25) is 0 Å². The molecular formula is C34H40F4N3O3PS. The summed E-state index contributed by atoms with van der Waals surface area (Å²) < 4.78 is 81.3. The number of likely N-dealkylation sites (tertiary alicyclic amines) is 1. The Hall–Kier alpha value is -2.77. The molecule has 3 saturated heterocycles. The maximum atomic E-state index is 15.6. The van der Waals surface area contributed by atoms with E-state index in [-0.39, 0.29) is 12.1 Å². The Labute approximate surface area is 271 Å². The average Bonchev–Trinajstić information content (AvgIpc) is 3.53. The minimum absolute atomic E-state index is 0.132. The van der Waals surface area contributed by atoms with Crippen molar-refractivity contribution in [1.29, 1.82) is 0 Å². The predicted molar refractivity (Wildman–Crippen MR) is 178 cm³/mol. The molecule has 1 aromatic heterocycles. The first-order valence-corrected chi connectivity index (χ1v) is 19.2. The van der Waals surface area contributed by atoms with Gasteiger partial charge in [0.1, 0.15) is 19.1 Å². The molecule has 2 N–H and O–H groups in total. The number of piperidine rings is 1.